The molecule has 0 N–H and O–H groups in total. The van der Waals surface area contributed by atoms with Crippen LogP contribution < -0.4 is 10.4 Å². The Morgan fingerprint density at radius 2 is 1.82 bits per heavy atom. The molecule has 154 valence electrons. The summed E-state index contributed by atoms with van der Waals surface area (Å²) >= 11 is 0. The zero-order valence-electron chi connectivity index (χ0n) is 18.7. The first-order chi connectivity index (χ1) is 12.7. The van der Waals surface area contributed by atoms with E-state index in [9.17, 15) is 4.79 Å². The number of hydrogen-bond acceptors (Lipinski definition) is 5. The van der Waals surface area contributed by atoms with Gasteiger partial charge in [-0.25, -0.2) is 4.79 Å². The highest BCUT2D eigenvalue weighted by Crippen LogP contribution is 2.39. The summed E-state index contributed by atoms with van der Waals surface area (Å²) in [5.41, 5.74) is 2.16. The van der Waals surface area contributed by atoms with Crippen LogP contribution in [0.15, 0.2) is 6.20 Å². The molecule has 1 fully saturated rings. The van der Waals surface area contributed by atoms with E-state index in [1.165, 1.54) is 0 Å². The van der Waals surface area contributed by atoms with Crippen LogP contribution in [0, 0.1) is 6.92 Å². The summed E-state index contributed by atoms with van der Waals surface area (Å²) in [4.78, 5) is 19.3. The third kappa shape index (κ3) is 3.66. The average molecular weight is 388 g/mol. The van der Waals surface area contributed by atoms with Crippen molar-refractivity contribution >= 4 is 24.4 Å². The van der Waals surface area contributed by atoms with Crippen LogP contribution in [0.4, 0.5) is 10.5 Å². The molecule has 1 saturated heterocycles. The standard InChI is InChI=1S/C21H33BN2O4/c1-13-10-11-24(18(25)26-19(3,4)5)17-14(2)15(12-23-16(13)17)22-27-20(6,7)21(8,9)28-22/h12-13H,10-11H2,1-9H3. The highest BCUT2D eigenvalue weighted by Gasteiger charge is 2.52. The summed E-state index contributed by atoms with van der Waals surface area (Å²) in [5, 5.41) is 0. The fourth-order valence-corrected chi connectivity index (χ4v) is 3.61. The Labute approximate surface area is 169 Å². The van der Waals surface area contributed by atoms with Gasteiger partial charge in [0.15, 0.2) is 0 Å². The van der Waals surface area contributed by atoms with Crippen molar-refractivity contribution in [2.75, 3.05) is 11.4 Å². The molecule has 0 spiro atoms. The lowest BCUT2D eigenvalue weighted by atomic mass is 9.75. The molecule has 1 atom stereocenters. The quantitative estimate of drug-likeness (QED) is 0.682. The summed E-state index contributed by atoms with van der Waals surface area (Å²) < 4.78 is 18.1. The summed E-state index contributed by atoms with van der Waals surface area (Å²) in [7, 11) is -0.513. The zero-order chi connectivity index (χ0) is 21.1. The van der Waals surface area contributed by atoms with Crippen LogP contribution in [0.3, 0.4) is 0 Å². The predicted molar refractivity (Wildman–Crippen MR) is 111 cm³/mol. The first-order valence-electron chi connectivity index (χ1n) is 10.1. The number of fused-ring (bicyclic) bond motifs is 1. The predicted octanol–water partition coefficient (Wildman–Crippen LogP) is 3.94. The lowest BCUT2D eigenvalue weighted by Crippen LogP contribution is -2.44. The van der Waals surface area contributed by atoms with Crippen LogP contribution in [0.1, 0.15) is 79.0 Å². The van der Waals surface area contributed by atoms with E-state index in [1.54, 1.807) is 4.90 Å². The van der Waals surface area contributed by atoms with Crippen molar-refractivity contribution in [3.63, 3.8) is 0 Å². The number of carbonyl (C=O) groups is 1. The van der Waals surface area contributed by atoms with Crippen LogP contribution in [0.25, 0.3) is 0 Å². The third-order valence-corrected chi connectivity index (χ3v) is 6.02. The highest BCUT2D eigenvalue weighted by atomic mass is 16.7. The van der Waals surface area contributed by atoms with Crippen molar-refractivity contribution < 1.29 is 18.8 Å². The summed E-state index contributed by atoms with van der Waals surface area (Å²) in [6.45, 7) is 18.5. The minimum Gasteiger partial charge on any atom is -0.443 e. The second kappa shape index (κ2) is 6.73. The lowest BCUT2D eigenvalue weighted by Gasteiger charge is -2.35. The second-order valence-electron chi connectivity index (χ2n) is 9.98. The number of aromatic nitrogens is 1. The van der Waals surface area contributed by atoms with Gasteiger partial charge in [0.1, 0.15) is 5.60 Å². The molecule has 3 heterocycles. The smallest absolute Gasteiger partial charge is 0.443 e. The molecule has 3 rings (SSSR count). The summed E-state index contributed by atoms with van der Waals surface area (Å²) in [6.07, 6.45) is 2.36. The Kier molecular flexibility index (Phi) is 5.08. The minimum atomic E-state index is -0.551. The first kappa shape index (κ1) is 21.1. The number of hydrogen-bond donors (Lipinski definition) is 0. The average Bonchev–Trinajstić information content (AvgIpc) is 2.74. The molecule has 0 aliphatic carbocycles. The van der Waals surface area contributed by atoms with Gasteiger partial charge in [-0.1, -0.05) is 6.92 Å². The van der Waals surface area contributed by atoms with Crippen molar-refractivity contribution in [3.8, 4) is 0 Å². The van der Waals surface area contributed by atoms with Crippen molar-refractivity contribution in [1.29, 1.82) is 0 Å². The van der Waals surface area contributed by atoms with Crippen LogP contribution >= 0.6 is 0 Å². The molecule has 28 heavy (non-hydrogen) atoms. The number of nitrogens with zero attached hydrogens (tertiary/aromatic N) is 2. The monoisotopic (exact) mass is 388 g/mol. The number of rotatable bonds is 1. The van der Waals surface area contributed by atoms with Gasteiger partial charge in [0.2, 0.25) is 0 Å². The fourth-order valence-electron chi connectivity index (χ4n) is 3.61. The van der Waals surface area contributed by atoms with E-state index in [0.29, 0.717) is 6.54 Å². The van der Waals surface area contributed by atoms with Crippen molar-refractivity contribution in [2.45, 2.75) is 91.5 Å². The fraction of sp³-hybridized carbons (Fsp3) is 0.714. The van der Waals surface area contributed by atoms with E-state index >= 15 is 0 Å². The maximum Gasteiger partial charge on any atom is 0.496 e. The molecule has 0 radical (unpaired) electrons. The van der Waals surface area contributed by atoms with Gasteiger partial charge < -0.3 is 14.0 Å². The first-order valence-corrected chi connectivity index (χ1v) is 10.1. The Morgan fingerprint density at radius 1 is 1.25 bits per heavy atom. The Hall–Kier alpha value is -1.60. The van der Waals surface area contributed by atoms with Crippen LogP contribution in [-0.2, 0) is 14.0 Å². The minimum absolute atomic E-state index is 0.278. The molecular weight excluding hydrogens is 355 g/mol. The van der Waals surface area contributed by atoms with E-state index in [2.05, 4.69) is 6.92 Å². The van der Waals surface area contributed by atoms with Crippen molar-refractivity contribution in [3.05, 3.63) is 17.5 Å². The van der Waals surface area contributed by atoms with E-state index in [1.807, 2.05) is 61.6 Å². The van der Waals surface area contributed by atoms with Gasteiger partial charge in [0.05, 0.1) is 22.6 Å². The van der Waals surface area contributed by atoms with E-state index in [0.717, 1.165) is 28.8 Å². The molecular formula is C21H33BN2O4. The summed E-state index contributed by atoms with van der Waals surface area (Å²) in [6, 6.07) is 0. The highest BCUT2D eigenvalue weighted by molar-refractivity contribution is 6.62. The molecule has 0 bridgehead atoms. The molecule has 6 nitrogen and oxygen atoms in total. The molecule has 1 unspecified atom stereocenters. The Bertz CT molecular complexity index is 769. The maximum atomic E-state index is 12.9. The zero-order valence-corrected chi connectivity index (χ0v) is 18.7. The van der Waals surface area contributed by atoms with Crippen LogP contribution in [0.5, 0.6) is 0 Å². The molecule has 2 aliphatic rings. The number of anilines is 1. The molecule has 1 aromatic heterocycles. The number of carbonyl (C=O) groups excluding carboxylic acids is 1. The summed E-state index contributed by atoms with van der Waals surface area (Å²) in [5.74, 6) is 0.278. The molecule has 0 saturated carbocycles. The molecule has 0 aromatic carbocycles. The number of amides is 1. The van der Waals surface area contributed by atoms with E-state index in [4.69, 9.17) is 19.0 Å². The van der Waals surface area contributed by atoms with Gasteiger partial charge in [-0.15, -0.1) is 0 Å². The van der Waals surface area contributed by atoms with Crippen molar-refractivity contribution in [2.24, 2.45) is 0 Å². The third-order valence-electron chi connectivity index (χ3n) is 6.02. The van der Waals surface area contributed by atoms with Crippen LogP contribution in [-0.4, -0.2) is 41.5 Å². The maximum absolute atomic E-state index is 12.9. The van der Waals surface area contributed by atoms with Gasteiger partial charge >= 0.3 is 13.2 Å². The topological polar surface area (TPSA) is 60.9 Å². The van der Waals surface area contributed by atoms with Gasteiger partial charge in [-0.05, 0) is 67.4 Å². The van der Waals surface area contributed by atoms with Gasteiger partial charge in [0, 0.05) is 24.1 Å². The van der Waals surface area contributed by atoms with E-state index in [-0.39, 0.29) is 12.0 Å². The van der Waals surface area contributed by atoms with Gasteiger partial charge in [-0.3, -0.25) is 9.88 Å². The second-order valence-corrected chi connectivity index (χ2v) is 9.98. The van der Waals surface area contributed by atoms with Gasteiger partial charge in [-0.2, -0.15) is 0 Å². The number of ether oxygens (including phenoxy) is 1. The van der Waals surface area contributed by atoms with Crippen LogP contribution in [0.2, 0.25) is 0 Å². The van der Waals surface area contributed by atoms with Gasteiger partial charge in [0.25, 0.3) is 0 Å². The molecule has 7 heteroatoms. The number of pyridine rings is 1. The SMILES string of the molecule is Cc1c(B2OC(C)(C)C(C)(C)O2)cnc2c1N(C(=O)OC(C)(C)C)CCC2C. The normalized spacial score (nSPS) is 23.5. The molecule has 1 amide bonds. The Balaban J connectivity index is 2.02. The van der Waals surface area contributed by atoms with Crippen molar-refractivity contribution in [1.82, 2.24) is 4.98 Å². The molecule has 2 aliphatic heterocycles. The molecule has 1 aromatic rings. The largest absolute Gasteiger partial charge is 0.496 e. The Morgan fingerprint density at radius 3 is 2.36 bits per heavy atom. The van der Waals surface area contributed by atoms with E-state index < -0.39 is 23.9 Å². The lowest BCUT2D eigenvalue weighted by molar-refractivity contribution is 0.00578.